The van der Waals surface area contributed by atoms with E-state index in [1.54, 1.807) is 4.90 Å². The van der Waals surface area contributed by atoms with Crippen LogP contribution in [0.15, 0.2) is 0 Å². The number of hydrogen-bond acceptors (Lipinski definition) is 3. The van der Waals surface area contributed by atoms with Gasteiger partial charge in [0.2, 0.25) is 0 Å². The van der Waals surface area contributed by atoms with Crippen molar-refractivity contribution in [2.75, 3.05) is 19.7 Å². The summed E-state index contributed by atoms with van der Waals surface area (Å²) < 4.78 is 4.85. The molecule has 4 nitrogen and oxygen atoms in total. The third-order valence-corrected chi connectivity index (χ3v) is 2.11. The number of nitrogens with zero attached hydrogens (tertiary/aromatic N) is 1. The standard InChI is InChI=1S/C9H17NO3/c1-2-4-8(11)7-10-5-3-6-13-9(10)12/h8,11H,2-7H2,1H3. The van der Waals surface area contributed by atoms with Crippen LogP contribution in [0.5, 0.6) is 0 Å². The number of amides is 1. The van der Waals surface area contributed by atoms with E-state index < -0.39 is 6.10 Å². The van der Waals surface area contributed by atoms with E-state index in [4.69, 9.17) is 4.74 Å². The highest BCUT2D eigenvalue weighted by atomic mass is 16.6. The summed E-state index contributed by atoms with van der Waals surface area (Å²) in [5.41, 5.74) is 0. The monoisotopic (exact) mass is 187 g/mol. The molecule has 1 amide bonds. The Morgan fingerprint density at radius 1 is 1.69 bits per heavy atom. The molecular weight excluding hydrogens is 170 g/mol. The van der Waals surface area contributed by atoms with Crippen LogP contribution in [0, 0.1) is 0 Å². The second kappa shape index (κ2) is 5.07. The van der Waals surface area contributed by atoms with Crippen LogP contribution in [-0.4, -0.2) is 41.9 Å². The summed E-state index contributed by atoms with van der Waals surface area (Å²) in [4.78, 5) is 12.7. The maximum absolute atomic E-state index is 11.1. The summed E-state index contributed by atoms with van der Waals surface area (Å²) in [5, 5.41) is 9.47. The molecule has 1 fully saturated rings. The largest absolute Gasteiger partial charge is 0.449 e. The molecule has 0 aromatic rings. The van der Waals surface area contributed by atoms with Crippen molar-refractivity contribution in [1.82, 2.24) is 4.90 Å². The van der Waals surface area contributed by atoms with E-state index in [9.17, 15) is 9.90 Å². The van der Waals surface area contributed by atoms with Crippen LogP contribution in [0.4, 0.5) is 4.79 Å². The Morgan fingerprint density at radius 3 is 3.08 bits per heavy atom. The number of cyclic esters (lactones) is 1. The highest BCUT2D eigenvalue weighted by molar-refractivity contribution is 5.68. The quantitative estimate of drug-likeness (QED) is 0.714. The van der Waals surface area contributed by atoms with Gasteiger partial charge < -0.3 is 14.7 Å². The van der Waals surface area contributed by atoms with Crippen molar-refractivity contribution in [3.63, 3.8) is 0 Å². The topological polar surface area (TPSA) is 49.8 Å². The van der Waals surface area contributed by atoms with Crippen molar-refractivity contribution in [3.8, 4) is 0 Å². The number of aliphatic hydroxyl groups is 1. The molecule has 0 bridgehead atoms. The summed E-state index contributed by atoms with van der Waals surface area (Å²) >= 11 is 0. The van der Waals surface area contributed by atoms with Gasteiger partial charge in [0.25, 0.3) is 0 Å². The van der Waals surface area contributed by atoms with Gasteiger partial charge in [0, 0.05) is 13.1 Å². The lowest BCUT2D eigenvalue weighted by atomic mass is 10.2. The zero-order valence-corrected chi connectivity index (χ0v) is 8.03. The molecule has 0 spiro atoms. The van der Waals surface area contributed by atoms with E-state index in [-0.39, 0.29) is 6.09 Å². The van der Waals surface area contributed by atoms with Crippen LogP contribution in [0.3, 0.4) is 0 Å². The number of carbonyl (C=O) groups excluding carboxylic acids is 1. The summed E-state index contributed by atoms with van der Waals surface area (Å²) in [6, 6.07) is 0. The van der Waals surface area contributed by atoms with Gasteiger partial charge in [-0.3, -0.25) is 0 Å². The molecule has 1 unspecified atom stereocenters. The second-order valence-corrected chi connectivity index (χ2v) is 3.36. The first-order chi connectivity index (χ1) is 6.24. The SMILES string of the molecule is CCCC(O)CN1CCCOC1=O. The van der Waals surface area contributed by atoms with E-state index in [0.29, 0.717) is 19.7 Å². The fraction of sp³-hybridized carbons (Fsp3) is 0.889. The Kier molecular flexibility index (Phi) is 4.02. The van der Waals surface area contributed by atoms with E-state index in [1.807, 2.05) is 6.92 Å². The van der Waals surface area contributed by atoms with Crippen molar-refractivity contribution in [2.24, 2.45) is 0 Å². The van der Waals surface area contributed by atoms with Crippen LogP contribution >= 0.6 is 0 Å². The van der Waals surface area contributed by atoms with Gasteiger partial charge in [0.05, 0.1) is 12.7 Å². The maximum atomic E-state index is 11.1. The molecule has 0 aromatic heterocycles. The molecule has 0 aliphatic carbocycles. The molecule has 13 heavy (non-hydrogen) atoms. The Hall–Kier alpha value is -0.770. The number of aliphatic hydroxyl groups excluding tert-OH is 1. The number of ether oxygens (including phenoxy) is 1. The minimum atomic E-state index is -0.407. The summed E-state index contributed by atoms with van der Waals surface area (Å²) in [6.45, 7) is 3.64. The molecule has 0 aromatic carbocycles. The minimum Gasteiger partial charge on any atom is -0.449 e. The van der Waals surface area contributed by atoms with E-state index in [0.717, 1.165) is 19.3 Å². The first kappa shape index (κ1) is 10.3. The molecule has 1 heterocycles. The van der Waals surface area contributed by atoms with Crippen LogP contribution in [0.1, 0.15) is 26.2 Å². The van der Waals surface area contributed by atoms with Crippen molar-refractivity contribution in [2.45, 2.75) is 32.3 Å². The third-order valence-electron chi connectivity index (χ3n) is 2.11. The fourth-order valence-corrected chi connectivity index (χ4v) is 1.44. The molecule has 1 aliphatic rings. The molecule has 1 rings (SSSR count). The third kappa shape index (κ3) is 3.22. The highest BCUT2D eigenvalue weighted by Crippen LogP contribution is 2.07. The van der Waals surface area contributed by atoms with E-state index in [1.165, 1.54) is 0 Å². The van der Waals surface area contributed by atoms with Gasteiger partial charge in [-0.25, -0.2) is 4.79 Å². The van der Waals surface area contributed by atoms with Crippen molar-refractivity contribution >= 4 is 6.09 Å². The van der Waals surface area contributed by atoms with Gasteiger partial charge in [0.1, 0.15) is 0 Å². The Labute approximate surface area is 78.5 Å². The van der Waals surface area contributed by atoms with Gasteiger partial charge in [-0.2, -0.15) is 0 Å². The molecule has 1 N–H and O–H groups in total. The average Bonchev–Trinajstić information content (AvgIpc) is 2.09. The molecule has 0 saturated carbocycles. The van der Waals surface area contributed by atoms with Crippen LogP contribution in [0.25, 0.3) is 0 Å². The van der Waals surface area contributed by atoms with Crippen LogP contribution in [0.2, 0.25) is 0 Å². The van der Waals surface area contributed by atoms with E-state index in [2.05, 4.69) is 0 Å². The van der Waals surface area contributed by atoms with Gasteiger partial charge in [0.15, 0.2) is 0 Å². The lowest BCUT2D eigenvalue weighted by Gasteiger charge is -2.28. The number of β-amino-alcohol motifs (C(OH)–C–C–N with tert-alkyl or cyclic N) is 1. The zero-order valence-electron chi connectivity index (χ0n) is 8.03. The molecule has 1 aliphatic heterocycles. The highest BCUT2D eigenvalue weighted by Gasteiger charge is 2.21. The Morgan fingerprint density at radius 2 is 2.46 bits per heavy atom. The lowest BCUT2D eigenvalue weighted by Crippen LogP contribution is -2.42. The van der Waals surface area contributed by atoms with Crippen molar-refractivity contribution in [3.05, 3.63) is 0 Å². The van der Waals surface area contributed by atoms with Crippen molar-refractivity contribution < 1.29 is 14.6 Å². The molecular formula is C9H17NO3. The molecule has 0 radical (unpaired) electrons. The summed E-state index contributed by atoms with van der Waals surface area (Å²) in [5.74, 6) is 0. The maximum Gasteiger partial charge on any atom is 0.409 e. The first-order valence-electron chi connectivity index (χ1n) is 4.83. The van der Waals surface area contributed by atoms with Gasteiger partial charge in [-0.1, -0.05) is 13.3 Å². The number of carbonyl (C=O) groups is 1. The summed E-state index contributed by atoms with van der Waals surface area (Å²) in [6.07, 6.45) is 1.84. The molecule has 4 heteroatoms. The normalized spacial score (nSPS) is 19.8. The Bertz CT molecular complexity index is 172. The minimum absolute atomic E-state index is 0.290. The molecule has 1 saturated heterocycles. The molecule has 1 atom stereocenters. The number of hydrogen-bond donors (Lipinski definition) is 1. The van der Waals surface area contributed by atoms with Gasteiger partial charge >= 0.3 is 6.09 Å². The van der Waals surface area contributed by atoms with Crippen LogP contribution in [-0.2, 0) is 4.74 Å². The van der Waals surface area contributed by atoms with Crippen LogP contribution < -0.4 is 0 Å². The predicted molar refractivity (Wildman–Crippen MR) is 48.5 cm³/mol. The van der Waals surface area contributed by atoms with Crippen molar-refractivity contribution in [1.29, 1.82) is 0 Å². The van der Waals surface area contributed by atoms with Gasteiger partial charge in [-0.05, 0) is 12.8 Å². The Balaban J connectivity index is 2.29. The smallest absolute Gasteiger partial charge is 0.409 e. The zero-order chi connectivity index (χ0) is 9.68. The first-order valence-corrected chi connectivity index (χ1v) is 4.83. The summed E-state index contributed by atoms with van der Waals surface area (Å²) in [7, 11) is 0. The average molecular weight is 187 g/mol. The molecule has 76 valence electrons. The van der Waals surface area contributed by atoms with Gasteiger partial charge in [-0.15, -0.1) is 0 Å². The number of rotatable bonds is 4. The lowest BCUT2D eigenvalue weighted by molar-refractivity contribution is 0.0456. The second-order valence-electron chi connectivity index (χ2n) is 3.36. The van der Waals surface area contributed by atoms with E-state index >= 15 is 0 Å². The fourth-order valence-electron chi connectivity index (χ4n) is 1.44. The predicted octanol–water partition coefficient (Wildman–Crippen LogP) is 0.990.